The Labute approximate surface area is 189 Å². The first kappa shape index (κ1) is 22.7. The van der Waals surface area contributed by atoms with Crippen LogP contribution >= 0.6 is 0 Å². The van der Waals surface area contributed by atoms with E-state index >= 15 is 0 Å². The summed E-state index contributed by atoms with van der Waals surface area (Å²) >= 11 is 0. The van der Waals surface area contributed by atoms with Crippen LogP contribution in [0.3, 0.4) is 0 Å². The lowest BCUT2D eigenvalue weighted by atomic mass is 9.94. The monoisotopic (exact) mass is 437 g/mol. The molecule has 0 N–H and O–H groups in total. The Hall–Kier alpha value is -1.46. The smallest absolute Gasteiger partial charge is 0.261 e. The molecule has 2 aromatic rings. The van der Waals surface area contributed by atoms with Gasteiger partial charge in [0.15, 0.2) is 0 Å². The number of piperidine rings is 1. The quantitative estimate of drug-likeness (QED) is 0.584. The lowest BCUT2D eigenvalue weighted by molar-refractivity contribution is -0.194. The Morgan fingerprint density at radius 1 is 0.935 bits per heavy atom. The molecule has 0 saturated carbocycles. The van der Waals surface area contributed by atoms with E-state index in [1.807, 2.05) is 0 Å². The van der Waals surface area contributed by atoms with E-state index in [4.69, 9.17) is 9.26 Å². The van der Waals surface area contributed by atoms with Gasteiger partial charge in [-0.15, -0.1) is 0 Å². The van der Waals surface area contributed by atoms with E-state index in [9.17, 15) is 0 Å². The molecule has 0 radical (unpaired) electrons. The van der Waals surface area contributed by atoms with Gasteiger partial charge in [-0.25, -0.2) is 0 Å². The van der Waals surface area contributed by atoms with Gasteiger partial charge in [-0.05, 0) is 40.6 Å². The number of rotatable bonds is 6. The summed E-state index contributed by atoms with van der Waals surface area (Å²) < 4.78 is 7.51. The van der Waals surface area contributed by atoms with Crippen molar-refractivity contribution in [3.05, 3.63) is 60.7 Å². The first-order valence-electron chi connectivity index (χ1n) is 12.1. The molecule has 0 unspecified atom stereocenters. The largest absolute Gasteiger partial charge is 0.401 e. The standard InChI is InChI=1S/C27H39NO2Si/c1-21(2)26(25-20-22-14-12-13-19-28(22)29-25)30-31(27(3,4)5,23-15-8-6-9-16-23)24-17-10-7-11-18-24/h6-11,15-18,21-22,25-26H,12-14,19-20H2,1-5H3/t22-,25+,26-/m0/s1. The number of hydrogen-bond donors (Lipinski definition) is 0. The van der Waals surface area contributed by atoms with Crippen LogP contribution in [-0.2, 0) is 9.26 Å². The van der Waals surface area contributed by atoms with E-state index in [0.717, 1.165) is 13.0 Å². The molecule has 3 nitrogen and oxygen atoms in total. The lowest BCUT2D eigenvalue weighted by Gasteiger charge is -2.46. The Morgan fingerprint density at radius 3 is 2.00 bits per heavy atom. The average Bonchev–Trinajstić information content (AvgIpc) is 3.18. The highest BCUT2D eigenvalue weighted by atomic mass is 28.4. The minimum absolute atomic E-state index is 0.0193. The van der Waals surface area contributed by atoms with Crippen LogP contribution in [0.25, 0.3) is 0 Å². The highest BCUT2D eigenvalue weighted by Gasteiger charge is 2.53. The fourth-order valence-corrected chi connectivity index (χ4v) is 10.4. The highest BCUT2D eigenvalue weighted by Crippen LogP contribution is 2.41. The molecule has 2 saturated heterocycles. The summed E-state index contributed by atoms with van der Waals surface area (Å²) in [7, 11) is -2.59. The molecule has 2 aliphatic rings. The molecular weight excluding hydrogens is 398 g/mol. The van der Waals surface area contributed by atoms with Crippen LogP contribution in [0.2, 0.25) is 5.04 Å². The maximum Gasteiger partial charge on any atom is 0.261 e. The second-order valence-electron chi connectivity index (χ2n) is 10.7. The van der Waals surface area contributed by atoms with Crippen LogP contribution in [-0.4, -0.2) is 38.2 Å². The molecule has 0 bridgehead atoms. The summed E-state index contributed by atoms with van der Waals surface area (Å²) in [5.41, 5.74) is 0. The van der Waals surface area contributed by atoms with Crippen molar-refractivity contribution in [2.45, 2.75) is 83.6 Å². The van der Waals surface area contributed by atoms with Crippen molar-refractivity contribution in [2.24, 2.45) is 5.92 Å². The molecule has 0 aliphatic carbocycles. The molecule has 0 aromatic heterocycles. The number of nitrogens with zero attached hydrogens (tertiary/aromatic N) is 1. The zero-order valence-corrected chi connectivity index (χ0v) is 20.9. The summed E-state index contributed by atoms with van der Waals surface area (Å²) in [6.45, 7) is 12.7. The fourth-order valence-electron chi connectivity index (χ4n) is 5.56. The van der Waals surface area contributed by atoms with Crippen LogP contribution < -0.4 is 10.4 Å². The average molecular weight is 438 g/mol. The zero-order chi connectivity index (χ0) is 22.1. The molecule has 2 heterocycles. The molecule has 4 rings (SSSR count). The SMILES string of the molecule is CC(C)[C@H](O[Si](c1ccccc1)(c1ccccc1)C(C)(C)C)[C@H]1C[C@@H]2CCCCN2O1. The lowest BCUT2D eigenvalue weighted by Crippen LogP contribution is -2.69. The molecule has 2 aliphatic heterocycles. The highest BCUT2D eigenvalue weighted by molar-refractivity contribution is 6.99. The second-order valence-corrected chi connectivity index (χ2v) is 14.9. The number of hydrogen-bond acceptors (Lipinski definition) is 3. The molecule has 31 heavy (non-hydrogen) atoms. The van der Waals surface area contributed by atoms with Crippen molar-refractivity contribution < 1.29 is 9.26 Å². The second kappa shape index (κ2) is 9.19. The third-order valence-corrected chi connectivity index (χ3v) is 12.1. The maximum atomic E-state index is 7.51. The molecule has 4 heteroatoms. The van der Waals surface area contributed by atoms with E-state index in [0.29, 0.717) is 12.0 Å². The van der Waals surface area contributed by atoms with E-state index in [1.54, 1.807) is 0 Å². The van der Waals surface area contributed by atoms with E-state index in [-0.39, 0.29) is 17.2 Å². The summed E-state index contributed by atoms with van der Waals surface area (Å²) in [5.74, 6) is 0.382. The third kappa shape index (κ3) is 4.41. The molecule has 3 atom stereocenters. The normalized spacial score (nSPS) is 23.7. The van der Waals surface area contributed by atoms with Gasteiger partial charge >= 0.3 is 0 Å². The minimum Gasteiger partial charge on any atom is -0.401 e. The zero-order valence-electron chi connectivity index (χ0n) is 19.9. The van der Waals surface area contributed by atoms with Gasteiger partial charge in [0.2, 0.25) is 0 Å². The van der Waals surface area contributed by atoms with Gasteiger partial charge in [0, 0.05) is 12.6 Å². The molecular formula is C27H39NO2Si. The molecule has 0 spiro atoms. The predicted molar refractivity (Wildman–Crippen MR) is 131 cm³/mol. The van der Waals surface area contributed by atoms with Gasteiger partial charge in [0.05, 0.1) is 6.10 Å². The summed E-state index contributed by atoms with van der Waals surface area (Å²) in [6.07, 6.45) is 5.09. The predicted octanol–water partition coefficient (Wildman–Crippen LogP) is 5.15. The van der Waals surface area contributed by atoms with Crippen molar-refractivity contribution in [1.82, 2.24) is 5.06 Å². The Kier molecular flexibility index (Phi) is 6.73. The van der Waals surface area contributed by atoms with E-state index in [1.165, 1.54) is 29.6 Å². The molecule has 168 valence electrons. The van der Waals surface area contributed by atoms with Crippen molar-refractivity contribution in [3.63, 3.8) is 0 Å². The van der Waals surface area contributed by atoms with Crippen LogP contribution in [0, 0.1) is 5.92 Å². The van der Waals surface area contributed by atoms with Crippen LogP contribution in [0.1, 0.15) is 60.3 Å². The van der Waals surface area contributed by atoms with Gasteiger partial charge in [-0.3, -0.25) is 4.84 Å². The molecule has 2 aromatic carbocycles. The Bertz CT molecular complexity index is 780. The molecule has 2 fully saturated rings. The fraction of sp³-hybridized carbons (Fsp3) is 0.556. The van der Waals surface area contributed by atoms with Crippen molar-refractivity contribution >= 4 is 18.7 Å². The Morgan fingerprint density at radius 2 is 1.52 bits per heavy atom. The number of fused-ring (bicyclic) bond motifs is 1. The maximum absolute atomic E-state index is 7.51. The van der Waals surface area contributed by atoms with Gasteiger partial charge < -0.3 is 4.43 Å². The third-order valence-electron chi connectivity index (χ3n) is 7.10. The number of benzene rings is 2. The van der Waals surface area contributed by atoms with E-state index in [2.05, 4.69) is 100 Å². The minimum atomic E-state index is -2.59. The topological polar surface area (TPSA) is 21.7 Å². The van der Waals surface area contributed by atoms with Crippen molar-refractivity contribution in [1.29, 1.82) is 0 Å². The van der Waals surface area contributed by atoms with Crippen molar-refractivity contribution in [2.75, 3.05) is 6.54 Å². The van der Waals surface area contributed by atoms with Gasteiger partial charge in [0.25, 0.3) is 8.32 Å². The summed E-state index contributed by atoms with van der Waals surface area (Å²) in [6, 6.07) is 22.5. The van der Waals surface area contributed by atoms with E-state index < -0.39 is 8.32 Å². The van der Waals surface area contributed by atoms with Gasteiger partial charge in [-0.2, -0.15) is 5.06 Å². The number of hydroxylamine groups is 2. The van der Waals surface area contributed by atoms with Gasteiger partial charge in [0.1, 0.15) is 6.10 Å². The Balaban J connectivity index is 1.77. The van der Waals surface area contributed by atoms with Crippen molar-refractivity contribution in [3.8, 4) is 0 Å². The molecule has 0 amide bonds. The van der Waals surface area contributed by atoms with Crippen LogP contribution in [0.4, 0.5) is 0 Å². The summed E-state index contributed by atoms with van der Waals surface area (Å²) in [5, 5.41) is 4.93. The summed E-state index contributed by atoms with van der Waals surface area (Å²) in [4.78, 5) is 6.55. The first-order chi connectivity index (χ1) is 14.8. The van der Waals surface area contributed by atoms with Gasteiger partial charge in [-0.1, -0.05) is 102 Å². The van der Waals surface area contributed by atoms with Crippen LogP contribution in [0.5, 0.6) is 0 Å². The van der Waals surface area contributed by atoms with Crippen LogP contribution in [0.15, 0.2) is 60.7 Å². The first-order valence-corrected chi connectivity index (χ1v) is 14.0.